The Labute approximate surface area is 107 Å². The van der Waals surface area contributed by atoms with Crippen molar-refractivity contribution in [3.63, 3.8) is 0 Å². The Morgan fingerprint density at radius 1 is 1.47 bits per heavy atom. The Kier molecular flexibility index (Phi) is 3.84. The highest BCUT2D eigenvalue weighted by atomic mass is 32.1. The molecule has 3 nitrogen and oxygen atoms in total. The number of nitrogens with one attached hydrogen (secondary N) is 2. The van der Waals surface area contributed by atoms with Crippen LogP contribution in [0.3, 0.4) is 0 Å². The molecule has 0 spiro atoms. The van der Waals surface area contributed by atoms with E-state index in [0.29, 0.717) is 6.04 Å². The average Bonchev–Trinajstić information content (AvgIpc) is 2.98. The normalized spacial score (nSPS) is 18.8. The van der Waals surface area contributed by atoms with Crippen molar-refractivity contribution >= 4 is 17.2 Å². The predicted molar refractivity (Wildman–Crippen MR) is 71.2 cm³/mol. The lowest BCUT2D eigenvalue weighted by molar-refractivity contribution is -0.123. The van der Waals surface area contributed by atoms with E-state index in [0.717, 1.165) is 12.8 Å². The largest absolute Gasteiger partial charge is 0.352 e. The third kappa shape index (κ3) is 3.30. The SMILES string of the molecule is Cc1ccsc1C(C)NC(C)C(=O)NC1CC1. The van der Waals surface area contributed by atoms with Crippen LogP contribution in [0.5, 0.6) is 0 Å². The molecule has 1 aromatic heterocycles. The number of carbonyl (C=O) groups excluding carboxylic acids is 1. The van der Waals surface area contributed by atoms with E-state index >= 15 is 0 Å². The first-order valence-corrected chi connectivity index (χ1v) is 7.06. The molecule has 17 heavy (non-hydrogen) atoms. The summed E-state index contributed by atoms with van der Waals surface area (Å²) in [7, 11) is 0. The number of amides is 1. The molecule has 94 valence electrons. The van der Waals surface area contributed by atoms with Gasteiger partial charge in [-0.3, -0.25) is 10.1 Å². The van der Waals surface area contributed by atoms with Crippen molar-refractivity contribution in [1.82, 2.24) is 10.6 Å². The van der Waals surface area contributed by atoms with Gasteiger partial charge in [-0.25, -0.2) is 0 Å². The zero-order chi connectivity index (χ0) is 12.4. The third-order valence-corrected chi connectivity index (χ3v) is 4.31. The molecule has 0 saturated heterocycles. The van der Waals surface area contributed by atoms with E-state index in [1.54, 1.807) is 11.3 Å². The monoisotopic (exact) mass is 252 g/mol. The maximum Gasteiger partial charge on any atom is 0.237 e. The van der Waals surface area contributed by atoms with Gasteiger partial charge in [0.25, 0.3) is 0 Å². The molecule has 2 atom stereocenters. The van der Waals surface area contributed by atoms with E-state index in [1.165, 1.54) is 10.4 Å². The van der Waals surface area contributed by atoms with Crippen LogP contribution < -0.4 is 10.6 Å². The van der Waals surface area contributed by atoms with Gasteiger partial charge in [0.2, 0.25) is 5.91 Å². The van der Waals surface area contributed by atoms with E-state index in [-0.39, 0.29) is 18.0 Å². The van der Waals surface area contributed by atoms with Gasteiger partial charge in [0.05, 0.1) is 6.04 Å². The summed E-state index contributed by atoms with van der Waals surface area (Å²) in [6.45, 7) is 6.15. The fraction of sp³-hybridized carbons (Fsp3) is 0.615. The van der Waals surface area contributed by atoms with Crippen LogP contribution in [-0.2, 0) is 4.79 Å². The van der Waals surface area contributed by atoms with Crippen molar-refractivity contribution < 1.29 is 4.79 Å². The summed E-state index contributed by atoms with van der Waals surface area (Å²) in [5, 5.41) is 8.47. The van der Waals surface area contributed by atoms with Crippen molar-refractivity contribution in [1.29, 1.82) is 0 Å². The lowest BCUT2D eigenvalue weighted by Crippen LogP contribution is -2.43. The van der Waals surface area contributed by atoms with Gasteiger partial charge in [0.15, 0.2) is 0 Å². The van der Waals surface area contributed by atoms with Crippen LogP contribution in [0.15, 0.2) is 11.4 Å². The first-order valence-electron chi connectivity index (χ1n) is 6.18. The Morgan fingerprint density at radius 2 is 2.18 bits per heavy atom. The van der Waals surface area contributed by atoms with Crippen LogP contribution >= 0.6 is 11.3 Å². The molecule has 1 heterocycles. The first-order chi connectivity index (χ1) is 8.08. The molecule has 1 aromatic rings. The minimum atomic E-state index is -0.132. The summed E-state index contributed by atoms with van der Waals surface area (Å²) in [4.78, 5) is 13.1. The maximum atomic E-state index is 11.8. The average molecular weight is 252 g/mol. The molecule has 0 radical (unpaired) electrons. The number of hydrogen-bond acceptors (Lipinski definition) is 3. The van der Waals surface area contributed by atoms with Gasteiger partial charge in [-0.2, -0.15) is 0 Å². The van der Waals surface area contributed by atoms with Gasteiger partial charge < -0.3 is 5.32 Å². The summed E-state index contributed by atoms with van der Waals surface area (Å²) >= 11 is 1.74. The van der Waals surface area contributed by atoms with Gasteiger partial charge >= 0.3 is 0 Å². The Morgan fingerprint density at radius 3 is 2.71 bits per heavy atom. The lowest BCUT2D eigenvalue weighted by Gasteiger charge is -2.19. The second-order valence-electron chi connectivity index (χ2n) is 4.86. The lowest BCUT2D eigenvalue weighted by atomic mass is 10.1. The molecule has 2 rings (SSSR count). The summed E-state index contributed by atoms with van der Waals surface area (Å²) in [6.07, 6.45) is 2.27. The standard InChI is InChI=1S/C13H20N2OS/c1-8-6-7-17-12(8)9(2)14-10(3)13(16)15-11-4-5-11/h6-7,9-11,14H,4-5H2,1-3H3,(H,15,16). The molecule has 2 unspecified atom stereocenters. The minimum Gasteiger partial charge on any atom is -0.352 e. The Balaban J connectivity index is 1.86. The van der Waals surface area contributed by atoms with Crippen LogP contribution in [0.1, 0.15) is 43.2 Å². The van der Waals surface area contributed by atoms with E-state index in [2.05, 4.69) is 35.9 Å². The quantitative estimate of drug-likeness (QED) is 0.844. The topological polar surface area (TPSA) is 41.1 Å². The van der Waals surface area contributed by atoms with E-state index in [9.17, 15) is 4.79 Å². The molecule has 0 bridgehead atoms. The van der Waals surface area contributed by atoms with E-state index in [1.807, 2.05) is 6.92 Å². The molecular formula is C13H20N2OS. The summed E-state index contributed by atoms with van der Waals surface area (Å²) in [6, 6.07) is 2.65. The highest BCUT2D eigenvalue weighted by Crippen LogP contribution is 2.24. The highest BCUT2D eigenvalue weighted by molar-refractivity contribution is 7.10. The van der Waals surface area contributed by atoms with Gasteiger partial charge in [0, 0.05) is 17.0 Å². The van der Waals surface area contributed by atoms with Crippen LogP contribution in [0.25, 0.3) is 0 Å². The van der Waals surface area contributed by atoms with Crippen LogP contribution in [-0.4, -0.2) is 18.0 Å². The van der Waals surface area contributed by atoms with Crippen molar-refractivity contribution in [2.75, 3.05) is 0 Å². The second kappa shape index (κ2) is 5.19. The number of hydrogen-bond donors (Lipinski definition) is 2. The highest BCUT2D eigenvalue weighted by Gasteiger charge is 2.26. The molecule has 1 saturated carbocycles. The summed E-state index contributed by atoms with van der Waals surface area (Å²) in [5.74, 6) is 0.119. The van der Waals surface area contributed by atoms with Gasteiger partial charge in [-0.1, -0.05) is 0 Å². The van der Waals surface area contributed by atoms with Crippen LogP contribution in [0.2, 0.25) is 0 Å². The number of aryl methyl sites for hydroxylation is 1. The molecule has 1 amide bonds. The molecule has 4 heteroatoms. The van der Waals surface area contributed by atoms with Gasteiger partial charge in [-0.05, 0) is 50.6 Å². The summed E-state index contributed by atoms with van der Waals surface area (Å²) in [5.41, 5.74) is 1.30. The number of rotatable bonds is 5. The molecular weight excluding hydrogens is 232 g/mol. The number of carbonyl (C=O) groups is 1. The molecule has 1 aliphatic carbocycles. The van der Waals surface area contributed by atoms with Crippen molar-refractivity contribution in [2.24, 2.45) is 0 Å². The van der Waals surface area contributed by atoms with Crippen LogP contribution in [0, 0.1) is 6.92 Å². The fourth-order valence-corrected chi connectivity index (χ4v) is 2.85. The molecule has 1 fully saturated rings. The molecule has 2 N–H and O–H groups in total. The molecule has 0 aliphatic heterocycles. The van der Waals surface area contributed by atoms with Crippen molar-refractivity contribution in [2.45, 2.75) is 51.7 Å². The third-order valence-electron chi connectivity index (χ3n) is 3.11. The van der Waals surface area contributed by atoms with Crippen LogP contribution in [0.4, 0.5) is 0 Å². The fourth-order valence-electron chi connectivity index (χ4n) is 1.91. The smallest absolute Gasteiger partial charge is 0.237 e. The summed E-state index contributed by atoms with van der Waals surface area (Å²) < 4.78 is 0. The van der Waals surface area contributed by atoms with E-state index in [4.69, 9.17) is 0 Å². The Bertz CT molecular complexity index is 398. The zero-order valence-corrected chi connectivity index (χ0v) is 11.4. The first kappa shape index (κ1) is 12.6. The molecule has 1 aliphatic rings. The van der Waals surface area contributed by atoms with E-state index < -0.39 is 0 Å². The van der Waals surface area contributed by atoms with Gasteiger partial charge in [0.1, 0.15) is 0 Å². The van der Waals surface area contributed by atoms with Crippen molar-refractivity contribution in [3.05, 3.63) is 21.9 Å². The predicted octanol–water partition coefficient (Wildman–Crippen LogP) is 2.37. The van der Waals surface area contributed by atoms with Crippen molar-refractivity contribution in [3.8, 4) is 0 Å². The second-order valence-corrected chi connectivity index (χ2v) is 5.81. The maximum absolute atomic E-state index is 11.8. The number of thiophene rings is 1. The molecule has 0 aromatic carbocycles. The Hall–Kier alpha value is -0.870. The zero-order valence-electron chi connectivity index (χ0n) is 10.6. The minimum absolute atomic E-state index is 0.119. The van der Waals surface area contributed by atoms with Gasteiger partial charge in [-0.15, -0.1) is 11.3 Å².